The Labute approximate surface area is 171 Å². The van der Waals surface area contributed by atoms with E-state index in [0.29, 0.717) is 28.8 Å². The maximum atomic E-state index is 11.5. The maximum Gasteiger partial charge on any atom is 0.373 e. The van der Waals surface area contributed by atoms with Crippen molar-refractivity contribution in [3.8, 4) is 17.2 Å². The summed E-state index contributed by atoms with van der Waals surface area (Å²) in [5.41, 5.74) is 0.811. The van der Waals surface area contributed by atoms with Gasteiger partial charge in [-0.25, -0.2) is 4.79 Å². The molecule has 0 saturated carbocycles. The number of esters is 1. The number of thioether (sulfide) groups is 1. The molecule has 1 saturated heterocycles. The second-order valence-electron chi connectivity index (χ2n) is 6.07. The van der Waals surface area contributed by atoms with Crippen LogP contribution >= 0.6 is 11.8 Å². The second kappa shape index (κ2) is 9.10. The van der Waals surface area contributed by atoms with Gasteiger partial charge in [0.05, 0.1) is 26.7 Å². The highest BCUT2D eigenvalue weighted by molar-refractivity contribution is 7.99. The van der Waals surface area contributed by atoms with Crippen molar-refractivity contribution in [3.05, 3.63) is 41.3 Å². The first-order chi connectivity index (χ1) is 14.0. The fourth-order valence-electron chi connectivity index (χ4n) is 2.81. The van der Waals surface area contributed by atoms with Crippen LogP contribution in [0.25, 0.3) is 0 Å². The van der Waals surface area contributed by atoms with Crippen molar-refractivity contribution in [2.45, 2.75) is 18.0 Å². The minimum Gasteiger partial charge on any atom is -0.493 e. The van der Waals surface area contributed by atoms with E-state index in [1.54, 1.807) is 18.2 Å². The number of rotatable bonds is 8. The molecule has 1 aliphatic rings. The zero-order chi connectivity index (χ0) is 21.0. The van der Waals surface area contributed by atoms with Crippen LogP contribution < -0.4 is 19.5 Å². The lowest BCUT2D eigenvalue weighted by Gasteiger charge is -2.18. The van der Waals surface area contributed by atoms with E-state index in [2.05, 4.69) is 10.1 Å². The normalized spacial score (nSPS) is 18.3. The summed E-state index contributed by atoms with van der Waals surface area (Å²) in [6.45, 7) is 0.0422. The monoisotopic (exact) mass is 423 g/mol. The Morgan fingerprint density at radius 1 is 1.21 bits per heavy atom. The first-order valence-corrected chi connectivity index (χ1v) is 9.68. The summed E-state index contributed by atoms with van der Waals surface area (Å²) in [5, 5.41) is 12.0. The topological polar surface area (TPSA) is 116 Å². The van der Waals surface area contributed by atoms with Gasteiger partial charge in [-0.05, 0) is 29.8 Å². The van der Waals surface area contributed by atoms with Crippen molar-refractivity contribution in [3.63, 3.8) is 0 Å². The summed E-state index contributed by atoms with van der Waals surface area (Å²) in [7, 11) is 4.28. The summed E-state index contributed by atoms with van der Waals surface area (Å²) in [5.74, 6) is 0.742. The zero-order valence-corrected chi connectivity index (χ0v) is 16.9. The molecule has 0 unspecified atom stereocenters. The van der Waals surface area contributed by atoms with Crippen LogP contribution in [0.15, 0.2) is 28.7 Å². The Morgan fingerprint density at radius 2 is 1.90 bits per heavy atom. The number of aliphatic carboxylic acids is 1. The van der Waals surface area contributed by atoms with E-state index < -0.39 is 18.0 Å². The van der Waals surface area contributed by atoms with Gasteiger partial charge in [-0.3, -0.25) is 10.1 Å². The minimum absolute atomic E-state index is 0.0422. The molecule has 0 aliphatic carbocycles. The predicted octanol–water partition coefficient (Wildman–Crippen LogP) is 2.45. The van der Waals surface area contributed by atoms with Crippen LogP contribution in [-0.2, 0) is 16.1 Å². The van der Waals surface area contributed by atoms with E-state index in [1.165, 1.54) is 39.2 Å². The van der Waals surface area contributed by atoms with Crippen molar-refractivity contribution in [2.24, 2.45) is 0 Å². The van der Waals surface area contributed by atoms with Gasteiger partial charge >= 0.3 is 11.9 Å². The van der Waals surface area contributed by atoms with Crippen molar-refractivity contribution >= 4 is 23.7 Å². The van der Waals surface area contributed by atoms with Crippen LogP contribution in [0.3, 0.4) is 0 Å². The molecule has 10 heteroatoms. The Balaban J connectivity index is 1.79. The molecule has 2 N–H and O–H groups in total. The number of benzene rings is 1. The van der Waals surface area contributed by atoms with Gasteiger partial charge < -0.3 is 28.5 Å². The number of carboxylic acids is 1. The number of methoxy groups -OCH3 is 3. The van der Waals surface area contributed by atoms with Gasteiger partial charge in [-0.2, -0.15) is 0 Å². The third-order valence-corrected chi connectivity index (χ3v) is 5.54. The lowest BCUT2D eigenvalue weighted by Crippen LogP contribution is -2.33. The Hall–Kier alpha value is -2.85. The number of carbonyl (C=O) groups is 2. The number of furan rings is 1. The average Bonchev–Trinajstić information content (AvgIpc) is 3.41. The number of carbonyl (C=O) groups excluding carboxylic acids is 1. The molecule has 1 aromatic carbocycles. The summed E-state index contributed by atoms with van der Waals surface area (Å²) in [6, 6.07) is 6.05. The zero-order valence-electron chi connectivity index (χ0n) is 16.1. The highest BCUT2D eigenvalue weighted by Gasteiger charge is 2.31. The second-order valence-corrected chi connectivity index (χ2v) is 7.21. The minimum atomic E-state index is -0.886. The largest absolute Gasteiger partial charge is 0.493 e. The van der Waals surface area contributed by atoms with Crippen LogP contribution in [-0.4, -0.2) is 50.2 Å². The van der Waals surface area contributed by atoms with Crippen molar-refractivity contribution in [1.82, 2.24) is 5.32 Å². The van der Waals surface area contributed by atoms with E-state index in [-0.39, 0.29) is 17.7 Å². The van der Waals surface area contributed by atoms with Crippen molar-refractivity contribution in [1.29, 1.82) is 0 Å². The van der Waals surface area contributed by atoms with E-state index in [4.69, 9.17) is 18.6 Å². The molecule has 0 amide bonds. The number of hydrogen-bond acceptors (Lipinski definition) is 9. The van der Waals surface area contributed by atoms with E-state index in [0.717, 1.165) is 5.56 Å². The van der Waals surface area contributed by atoms with Crippen LogP contribution in [0, 0.1) is 0 Å². The summed E-state index contributed by atoms with van der Waals surface area (Å²) in [6.07, 6.45) is 0. The van der Waals surface area contributed by atoms with Crippen LogP contribution in [0.2, 0.25) is 0 Å². The van der Waals surface area contributed by atoms with E-state index in [1.807, 2.05) is 0 Å². The van der Waals surface area contributed by atoms with Crippen molar-refractivity contribution < 1.29 is 38.1 Å². The summed E-state index contributed by atoms with van der Waals surface area (Å²) < 4.78 is 26.7. The van der Waals surface area contributed by atoms with Gasteiger partial charge in [0.15, 0.2) is 11.5 Å². The maximum absolute atomic E-state index is 11.5. The van der Waals surface area contributed by atoms with Crippen molar-refractivity contribution in [2.75, 3.05) is 27.1 Å². The number of hydrogen-bond donors (Lipinski definition) is 2. The first kappa shape index (κ1) is 20.9. The number of nitrogens with one attached hydrogen (secondary N) is 1. The average molecular weight is 423 g/mol. The molecule has 1 aromatic heterocycles. The van der Waals surface area contributed by atoms with Crippen LogP contribution in [0.4, 0.5) is 0 Å². The fourth-order valence-corrected chi connectivity index (χ4v) is 4.02. The number of carboxylic acid groups (broad SMARTS) is 1. The highest BCUT2D eigenvalue weighted by atomic mass is 32.2. The van der Waals surface area contributed by atoms with Gasteiger partial charge in [-0.1, -0.05) is 0 Å². The molecule has 156 valence electrons. The molecule has 1 aliphatic heterocycles. The molecule has 2 aromatic rings. The summed E-state index contributed by atoms with van der Waals surface area (Å²) in [4.78, 5) is 22.7. The Bertz CT molecular complexity index is 871. The molecule has 1 fully saturated rings. The van der Waals surface area contributed by atoms with Gasteiger partial charge in [0.2, 0.25) is 11.5 Å². The molecule has 9 nitrogen and oxygen atoms in total. The molecule has 0 bridgehead atoms. The van der Waals surface area contributed by atoms with Gasteiger partial charge in [-0.15, -0.1) is 11.8 Å². The third kappa shape index (κ3) is 4.60. The molecule has 29 heavy (non-hydrogen) atoms. The quantitative estimate of drug-likeness (QED) is 0.613. The summed E-state index contributed by atoms with van der Waals surface area (Å²) >= 11 is 1.49. The first-order valence-electron chi connectivity index (χ1n) is 8.63. The Kier molecular flexibility index (Phi) is 6.55. The number of ether oxygens (including phenoxy) is 4. The predicted molar refractivity (Wildman–Crippen MR) is 104 cm³/mol. The molecule has 0 spiro atoms. The fraction of sp³-hybridized carbons (Fsp3) is 0.368. The van der Waals surface area contributed by atoms with Crippen LogP contribution in [0.1, 0.15) is 27.3 Å². The highest BCUT2D eigenvalue weighted by Crippen LogP contribution is 2.43. The van der Waals surface area contributed by atoms with Crippen LogP contribution in [0.5, 0.6) is 17.2 Å². The smallest absolute Gasteiger partial charge is 0.373 e. The molecule has 2 atom stereocenters. The standard InChI is InChI=1S/C19H21NO8S/c1-24-14-6-10(17-20-12(9-29-17)18(21)22)7-15(25-2)16(14)27-8-11-4-5-13(28-11)19(23)26-3/h4-7,12,17,20H,8-9H2,1-3H3,(H,21,22)/t12-,17+/m1/s1. The lowest BCUT2D eigenvalue weighted by molar-refractivity contribution is -0.138. The lowest BCUT2D eigenvalue weighted by atomic mass is 10.1. The van der Waals surface area contributed by atoms with Gasteiger partial charge in [0.25, 0.3) is 0 Å². The van der Waals surface area contributed by atoms with Gasteiger partial charge in [0.1, 0.15) is 18.4 Å². The molecular formula is C19H21NO8S. The molecule has 2 heterocycles. The molecule has 0 radical (unpaired) electrons. The van der Waals surface area contributed by atoms with Gasteiger partial charge in [0, 0.05) is 5.75 Å². The SMILES string of the molecule is COC(=O)c1ccc(COc2c(OC)cc([C@H]3N[C@@H](C(=O)O)CS3)cc2OC)o1. The third-order valence-electron chi connectivity index (χ3n) is 4.27. The van der Waals surface area contributed by atoms with E-state index in [9.17, 15) is 14.7 Å². The molecule has 3 rings (SSSR count). The Morgan fingerprint density at radius 3 is 2.45 bits per heavy atom. The molecular weight excluding hydrogens is 402 g/mol. The van der Waals surface area contributed by atoms with E-state index >= 15 is 0 Å².